The van der Waals surface area contributed by atoms with Crippen LogP contribution in [0.1, 0.15) is 106 Å². The standard InChI is InChI=1S/C24H49O4P/c1-7-11-17-29(18-12-8-2,19-13-9-3,20-14-10-4)28-24(26)16-15-23(25)27-21-22(5)6/h22H,7-21H2,1-6H3. The van der Waals surface area contributed by atoms with Gasteiger partial charge in [0.1, 0.15) is 0 Å². The third kappa shape index (κ3) is 11.4. The van der Waals surface area contributed by atoms with Crippen molar-refractivity contribution in [3.63, 3.8) is 0 Å². The van der Waals surface area contributed by atoms with E-state index in [0.29, 0.717) is 12.5 Å². The van der Waals surface area contributed by atoms with E-state index in [9.17, 15) is 9.59 Å². The fraction of sp³-hybridized carbons (Fsp3) is 0.917. The van der Waals surface area contributed by atoms with E-state index in [0.717, 1.165) is 76.0 Å². The topological polar surface area (TPSA) is 52.6 Å². The van der Waals surface area contributed by atoms with Gasteiger partial charge in [-0.1, -0.05) is 0 Å². The van der Waals surface area contributed by atoms with Crippen LogP contribution in [0.3, 0.4) is 0 Å². The van der Waals surface area contributed by atoms with Gasteiger partial charge in [-0.25, -0.2) is 0 Å². The van der Waals surface area contributed by atoms with Crippen molar-refractivity contribution in [2.24, 2.45) is 5.92 Å². The predicted molar refractivity (Wildman–Crippen MR) is 127 cm³/mol. The minimum atomic E-state index is -2.60. The molecule has 4 nitrogen and oxygen atoms in total. The Morgan fingerprint density at radius 3 is 1.41 bits per heavy atom. The summed E-state index contributed by atoms with van der Waals surface area (Å²) in [4.78, 5) is 24.9. The molecule has 0 saturated heterocycles. The monoisotopic (exact) mass is 432 g/mol. The Morgan fingerprint density at radius 1 is 0.690 bits per heavy atom. The molecular weight excluding hydrogens is 383 g/mol. The minimum absolute atomic E-state index is 0.126. The van der Waals surface area contributed by atoms with Crippen LogP contribution >= 0.6 is 6.83 Å². The van der Waals surface area contributed by atoms with E-state index in [4.69, 9.17) is 9.26 Å². The molecule has 5 heteroatoms. The van der Waals surface area contributed by atoms with Gasteiger partial charge in [-0.15, -0.1) is 0 Å². The van der Waals surface area contributed by atoms with E-state index in [1.54, 1.807) is 0 Å². The number of hydrogen-bond donors (Lipinski definition) is 0. The summed E-state index contributed by atoms with van der Waals surface area (Å²) in [5, 5.41) is 0. The summed E-state index contributed by atoms with van der Waals surface area (Å²) in [5.41, 5.74) is 0. The SMILES string of the molecule is CCCCP(CCCC)(CCCC)(CCCC)OC(=O)CCC(=O)OCC(C)C. The summed E-state index contributed by atoms with van der Waals surface area (Å²) < 4.78 is 11.8. The molecule has 0 amide bonds. The fourth-order valence-electron chi connectivity index (χ4n) is 3.96. The molecule has 174 valence electrons. The molecule has 0 heterocycles. The zero-order valence-electron chi connectivity index (χ0n) is 20.3. The van der Waals surface area contributed by atoms with Crippen LogP contribution in [-0.4, -0.2) is 43.2 Å². The number of esters is 1. The predicted octanol–water partition coefficient (Wildman–Crippen LogP) is 7.18. The molecule has 0 spiro atoms. The van der Waals surface area contributed by atoms with Crippen LogP contribution in [0.5, 0.6) is 0 Å². The van der Waals surface area contributed by atoms with Crippen LogP contribution < -0.4 is 0 Å². The summed E-state index contributed by atoms with van der Waals surface area (Å²) in [6.45, 7) is 10.7. The van der Waals surface area contributed by atoms with Crippen molar-refractivity contribution in [2.45, 2.75) is 106 Å². The molecule has 0 N–H and O–H groups in total. The molecule has 0 aliphatic heterocycles. The summed E-state index contributed by atoms with van der Waals surface area (Å²) in [6, 6.07) is 0. The number of rotatable bonds is 18. The quantitative estimate of drug-likeness (QED) is 0.170. The molecule has 0 aromatic rings. The van der Waals surface area contributed by atoms with Crippen molar-refractivity contribution >= 4 is 18.8 Å². The molecule has 0 aliphatic rings. The molecule has 0 bridgehead atoms. The molecular formula is C24H49O4P. The van der Waals surface area contributed by atoms with Gasteiger partial charge in [0.2, 0.25) is 0 Å². The second-order valence-corrected chi connectivity index (χ2v) is 14.9. The van der Waals surface area contributed by atoms with Gasteiger partial charge in [0.05, 0.1) is 0 Å². The molecule has 0 saturated carbocycles. The summed E-state index contributed by atoms with van der Waals surface area (Å²) in [5.74, 6) is -0.163. The van der Waals surface area contributed by atoms with E-state index in [1.807, 2.05) is 13.8 Å². The second-order valence-electron chi connectivity index (χ2n) is 9.21. The number of carbonyl (C=O) groups is 2. The van der Waals surface area contributed by atoms with Gasteiger partial charge in [-0.05, 0) is 0 Å². The Labute approximate surface area is 180 Å². The normalized spacial score (nSPS) is 13.1. The van der Waals surface area contributed by atoms with Crippen molar-refractivity contribution in [1.29, 1.82) is 0 Å². The van der Waals surface area contributed by atoms with Gasteiger partial charge in [0, 0.05) is 0 Å². The first kappa shape index (κ1) is 28.4. The second kappa shape index (κ2) is 15.2. The van der Waals surface area contributed by atoms with Gasteiger partial charge >= 0.3 is 181 Å². The number of hydrogen-bond acceptors (Lipinski definition) is 4. The molecule has 0 rings (SSSR count). The van der Waals surface area contributed by atoms with Crippen LogP contribution in [0, 0.1) is 5.92 Å². The molecule has 0 fully saturated rings. The number of ether oxygens (including phenoxy) is 1. The van der Waals surface area contributed by atoms with Crippen LogP contribution in [0.4, 0.5) is 0 Å². The first-order chi connectivity index (χ1) is 13.8. The Balaban J connectivity index is 5.43. The van der Waals surface area contributed by atoms with E-state index in [-0.39, 0.29) is 24.8 Å². The fourth-order valence-corrected chi connectivity index (χ4v) is 10.8. The summed E-state index contributed by atoms with van der Waals surface area (Å²) in [6.07, 6.45) is 13.5. The van der Waals surface area contributed by atoms with Crippen molar-refractivity contribution in [1.82, 2.24) is 0 Å². The van der Waals surface area contributed by atoms with Crippen molar-refractivity contribution in [2.75, 3.05) is 31.3 Å². The van der Waals surface area contributed by atoms with Gasteiger partial charge < -0.3 is 0 Å². The van der Waals surface area contributed by atoms with Crippen LogP contribution in [0.25, 0.3) is 0 Å². The molecule has 0 aromatic carbocycles. The first-order valence-electron chi connectivity index (χ1n) is 12.2. The van der Waals surface area contributed by atoms with Crippen LogP contribution in [0.15, 0.2) is 0 Å². The first-order valence-corrected chi connectivity index (χ1v) is 15.0. The van der Waals surface area contributed by atoms with Gasteiger partial charge in [-0.2, -0.15) is 0 Å². The number of carbonyl (C=O) groups excluding carboxylic acids is 2. The molecule has 29 heavy (non-hydrogen) atoms. The van der Waals surface area contributed by atoms with Crippen molar-refractivity contribution in [3.05, 3.63) is 0 Å². The Morgan fingerprint density at radius 2 is 1.07 bits per heavy atom. The molecule has 0 atom stereocenters. The average molecular weight is 433 g/mol. The summed E-state index contributed by atoms with van der Waals surface area (Å²) >= 11 is 0. The maximum atomic E-state index is 13.0. The van der Waals surface area contributed by atoms with Gasteiger partial charge in [-0.3, -0.25) is 0 Å². The zero-order chi connectivity index (χ0) is 22.2. The molecule has 0 aromatic heterocycles. The Hall–Kier alpha value is -0.630. The van der Waals surface area contributed by atoms with Crippen molar-refractivity contribution < 1.29 is 18.8 Å². The molecule has 0 aliphatic carbocycles. The maximum absolute atomic E-state index is 13.0. The Kier molecular flexibility index (Phi) is 14.9. The third-order valence-corrected chi connectivity index (χ3v) is 12.3. The van der Waals surface area contributed by atoms with Gasteiger partial charge in [0.15, 0.2) is 0 Å². The van der Waals surface area contributed by atoms with E-state index in [2.05, 4.69) is 27.7 Å². The summed E-state index contributed by atoms with van der Waals surface area (Å²) in [7, 11) is 0. The number of unbranched alkanes of at least 4 members (excludes halogenated alkanes) is 4. The van der Waals surface area contributed by atoms with Crippen LogP contribution in [0.2, 0.25) is 0 Å². The third-order valence-electron chi connectivity index (χ3n) is 5.78. The van der Waals surface area contributed by atoms with Crippen LogP contribution in [-0.2, 0) is 18.8 Å². The van der Waals surface area contributed by atoms with E-state index < -0.39 is 6.83 Å². The molecule has 0 unspecified atom stereocenters. The van der Waals surface area contributed by atoms with E-state index >= 15 is 0 Å². The average Bonchev–Trinajstić information content (AvgIpc) is 2.71. The van der Waals surface area contributed by atoms with Crippen molar-refractivity contribution in [3.8, 4) is 0 Å². The van der Waals surface area contributed by atoms with E-state index in [1.165, 1.54) is 0 Å². The zero-order valence-corrected chi connectivity index (χ0v) is 21.2. The Bertz CT molecular complexity index is 418. The van der Waals surface area contributed by atoms with Gasteiger partial charge in [0.25, 0.3) is 0 Å². The molecule has 0 radical (unpaired) electrons.